The minimum Gasteiger partial charge on any atom is -0.375 e. The van der Waals surface area contributed by atoms with Gasteiger partial charge in [0.1, 0.15) is 12.4 Å². The molecule has 0 atom stereocenters. The molecule has 0 fully saturated rings. The van der Waals surface area contributed by atoms with Crippen molar-refractivity contribution in [3.63, 3.8) is 0 Å². The number of carbonyl (C=O) groups excluding carboxylic acids is 1. The SMILES string of the molecule is COCC(=O)NCc1c(C)noc1C. The van der Waals surface area contributed by atoms with Gasteiger partial charge in [-0.3, -0.25) is 4.79 Å². The maximum atomic E-state index is 11.1. The van der Waals surface area contributed by atoms with Crippen LogP contribution in [0.2, 0.25) is 0 Å². The van der Waals surface area contributed by atoms with E-state index in [0.29, 0.717) is 6.54 Å². The molecule has 5 nitrogen and oxygen atoms in total. The number of nitrogens with zero attached hydrogens (tertiary/aromatic N) is 1. The van der Waals surface area contributed by atoms with Crippen LogP contribution in [0.3, 0.4) is 0 Å². The summed E-state index contributed by atoms with van der Waals surface area (Å²) in [6.07, 6.45) is 0. The highest BCUT2D eigenvalue weighted by molar-refractivity contribution is 5.77. The number of amides is 1. The molecule has 78 valence electrons. The zero-order chi connectivity index (χ0) is 10.6. The van der Waals surface area contributed by atoms with Crippen molar-refractivity contribution in [2.75, 3.05) is 13.7 Å². The van der Waals surface area contributed by atoms with Gasteiger partial charge in [-0.05, 0) is 13.8 Å². The van der Waals surface area contributed by atoms with Crippen molar-refractivity contribution >= 4 is 5.91 Å². The molecule has 5 heteroatoms. The highest BCUT2D eigenvalue weighted by atomic mass is 16.5. The summed E-state index contributed by atoms with van der Waals surface area (Å²) >= 11 is 0. The van der Waals surface area contributed by atoms with Crippen LogP contribution in [0.1, 0.15) is 17.0 Å². The number of aromatic nitrogens is 1. The number of methoxy groups -OCH3 is 1. The molecule has 1 heterocycles. The summed E-state index contributed by atoms with van der Waals surface area (Å²) in [6, 6.07) is 0. The Labute approximate surface area is 82.4 Å². The molecule has 0 radical (unpaired) electrons. The lowest BCUT2D eigenvalue weighted by Crippen LogP contribution is -2.26. The number of aryl methyl sites for hydroxylation is 2. The average molecular weight is 198 g/mol. The van der Waals surface area contributed by atoms with Gasteiger partial charge in [0.05, 0.1) is 5.69 Å². The second-order valence-electron chi connectivity index (χ2n) is 3.01. The van der Waals surface area contributed by atoms with Crippen molar-refractivity contribution in [1.29, 1.82) is 0 Å². The van der Waals surface area contributed by atoms with E-state index in [1.54, 1.807) is 0 Å². The standard InChI is InChI=1S/C9H14N2O3/c1-6-8(7(2)14-11-6)4-10-9(12)5-13-3/h4-5H2,1-3H3,(H,10,12). The molecular formula is C9H14N2O3. The van der Waals surface area contributed by atoms with Gasteiger partial charge in [0.15, 0.2) is 0 Å². The number of hydrogen-bond donors (Lipinski definition) is 1. The van der Waals surface area contributed by atoms with Crippen LogP contribution in [0.5, 0.6) is 0 Å². The Morgan fingerprint density at radius 3 is 2.79 bits per heavy atom. The number of nitrogens with one attached hydrogen (secondary N) is 1. The largest absolute Gasteiger partial charge is 0.375 e. The molecule has 0 spiro atoms. The van der Waals surface area contributed by atoms with E-state index in [-0.39, 0.29) is 12.5 Å². The van der Waals surface area contributed by atoms with Crippen molar-refractivity contribution in [2.24, 2.45) is 0 Å². The maximum absolute atomic E-state index is 11.1. The Bertz CT molecular complexity index is 300. The minimum absolute atomic E-state index is 0.0728. The van der Waals surface area contributed by atoms with E-state index >= 15 is 0 Å². The lowest BCUT2D eigenvalue weighted by Gasteiger charge is -2.03. The molecule has 14 heavy (non-hydrogen) atoms. The third-order valence-electron chi connectivity index (χ3n) is 1.92. The van der Waals surface area contributed by atoms with E-state index in [1.165, 1.54) is 7.11 Å². The van der Waals surface area contributed by atoms with Crippen LogP contribution in [-0.2, 0) is 16.1 Å². The molecule has 1 rings (SSSR count). The third-order valence-corrected chi connectivity index (χ3v) is 1.92. The predicted molar refractivity (Wildman–Crippen MR) is 49.7 cm³/mol. The maximum Gasteiger partial charge on any atom is 0.246 e. The molecule has 1 amide bonds. The average Bonchev–Trinajstić information content (AvgIpc) is 2.44. The fraction of sp³-hybridized carbons (Fsp3) is 0.556. The molecule has 0 bridgehead atoms. The highest BCUT2D eigenvalue weighted by Crippen LogP contribution is 2.11. The van der Waals surface area contributed by atoms with Crippen molar-refractivity contribution in [3.05, 3.63) is 17.0 Å². The quantitative estimate of drug-likeness (QED) is 0.767. The van der Waals surface area contributed by atoms with Crippen molar-refractivity contribution in [1.82, 2.24) is 10.5 Å². The second kappa shape index (κ2) is 4.76. The molecule has 0 unspecified atom stereocenters. The van der Waals surface area contributed by atoms with E-state index in [4.69, 9.17) is 4.52 Å². The Balaban J connectivity index is 2.49. The summed E-state index contributed by atoms with van der Waals surface area (Å²) in [7, 11) is 1.48. The number of hydrogen-bond acceptors (Lipinski definition) is 4. The summed E-state index contributed by atoms with van der Waals surface area (Å²) < 4.78 is 9.64. The molecule has 0 aliphatic carbocycles. The predicted octanol–water partition coefficient (Wildman–Crippen LogP) is 0.554. The lowest BCUT2D eigenvalue weighted by atomic mass is 10.2. The molecule has 0 aromatic carbocycles. The monoisotopic (exact) mass is 198 g/mol. The third kappa shape index (κ3) is 2.56. The number of ether oxygens (including phenoxy) is 1. The van der Waals surface area contributed by atoms with Gasteiger partial charge in [-0.15, -0.1) is 0 Å². The Kier molecular flexibility index (Phi) is 3.64. The van der Waals surface area contributed by atoms with Crippen LogP contribution in [0.4, 0.5) is 0 Å². The first-order valence-electron chi connectivity index (χ1n) is 4.32. The first kappa shape index (κ1) is 10.7. The van der Waals surface area contributed by atoms with Gasteiger partial charge in [-0.1, -0.05) is 5.16 Å². The molecule has 0 saturated carbocycles. The van der Waals surface area contributed by atoms with E-state index in [9.17, 15) is 4.79 Å². The van der Waals surface area contributed by atoms with Crippen LogP contribution in [0, 0.1) is 13.8 Å². The normalized spacial score (nSPS) is 10.2. The van der Waals surface area contributed by atoms with Gasteiger partial charge in [0, 0.05) is 19.2 Å². The molecule has 1 N–H and O–H groups in total. The Morgan fingerprint density at radius 2 is 2.29 bits per heavy atom. The van der Waals surface area contributed by atoms with Crippen LogP contribution >= 0.6 is 0 Å². The lowest BCUT2D eigenvalue weighted by molar-refractivity contribution is -0.124. The van der Waals surface area contributed by atoms with Gasteiger partial charge in [-0.25, -0.2) is 0 Å². The summed E-state index contributed by atoms with van der Waals surface area (Å²) in [5, 5.41) is 6.49. The summed E-state index contributed by atoms with van der Waals surface area (Å²) in [5.74, 6) is 0.590. The first-order valence-corrected chi connectivity index (χ1v) is 4.32. The van der Waals surface area contributed by atoms with Gasteiger partial charge < -0.3 is 14.6 Å². The van der Waals surface area contributed by atoms with Crippen LogP contribution < -0.4 is 5.32 Å². The smallest absolute Gasteiger partial charge is 0.246 e. The van der Waals surface area contributed by atoms with Crippen LogP contribution in [0.25, 0.3) is 0 Å². The van der Waals surface area contributed by atoms with Crippen molar-refractivity contribution in [3.8, 4) is 0 Å². The van der Waals surface area contributed by atoms with Crippen molar-refractivity contribution in [2.45, 2.75) is 20.4 Å². The summed E-state index contributed by atoms with van der Waals surface area (Å²) in [5.41, 5.74) is 1.73. The van der Waals surface area contributed by atoms with E-state index in [0.717, 1.165) is 17.0 Å². The zero-order valence-electron chi connectivity index (χ0n) is 8.59. The summed E-state index contributed by atoms with van der Waals surface area (Å²) in [4.78, 5) is 11.1. The highest BCUT2D eigenvalue weighted by Gasteiger charge is 2.09. The molecule has 0 aliphatic heterocycles. The molecule has 0 saturated heterocycles. The van der Waals surface area contributed by atoms with Crippen LogP contribution in [0.15, 0.2) is 4.52 Å². The first-order chi connectivity index (χ1) is 6.65. The van der Waals surface area contributed by atoms with Gasteiger partial charge in [0.2, 0.25) is 5.91 Å². The molecule has 1 aromatic rings. The van der Waals surface area contributed by atoms with Gasteiger partial charge in [0.25, 0.3) is 0 Å². The Hall–Kier alpha value is -1.36. The Morgan fingerprint density at radius 1 is 1.57 bits per heavy atom. The molecule has 1 aromatic heterocycles. The van der Waals surface area contributed by atoms with E-state index < -0.39 is 0 Å². The number of carbonyl (C=O) groups is 1. The minimum atomic E-state index is -0.146. The topological polar surface area (TPSA) is 64.4 Å². The van der Waals surface area contributed by atoms with Crippen LogP contribution in [-0.4, -0.2) is 24.8 Å². The fourth-order valence-electron chi connectivity index (χ4n) is 1.12. The molecular weight excluding hydrogens is 184 g/mol. The van der Waals surface area contributed by atoms with Crippen molar-refractivity contribution < 1.29 is 14.1 Å². The van der Waals surface area contributed by atoms with E-state index in [1.807, 2.05) is 13.8 Å². The fourth-order valence-corrected chi connectivity index (χ4v) is 1.12. The zero-order valence-corrected chi connectivity index (χ0v) is 8.59. The molecule has 0 aliphatic rings. The second-order valence-corrected chi connectivity index (χ2v) is 3.01. The number of rotatable bonds is 4. The van der Waals surface area contributed by atoms with Gasteiger partial charge in [-0.2, -0.15) is 0 Å². The summed E-state index contributed by atoms with van der Waals surface area (Å²) in [6.45, 7) is 4.17. The van der Waals surface area contributed by atoms with Gasteiger partial charge >= 0.3 is 0 Å². The van der Waals surface area contributed by atoms with E-state index in [2.05, 4.69) is 15.2 Å².